The van der Waals surface area contributed by atoms with Gasteiger partial charge in [0.1, 0.15) is 19.0 Å². The number of aliphatic hydroxyl groups is 1. The van der Waals surface area contributed by atoms with Crippen LogP contribution in [0.15, 0.2) is 84.9 Å². The Kier molecular flexibility index (Phi) is 6.82. The van der Waals surface area contributed by atoms with Gasteiger partial charge in [0.05, 0.1) is 6.61 Å². The molecule has 3 aromatic rings. The number of esters is 1. The fourth-order valence-electron chi connectivity index (χ4n) is 2.97. The number of carbonyl (C=O) groups excluding carboxylic acids is 1. The molecule has 3 rings (SSSR count). The first-order valence-electron chi connectivity index (χ1n) is 9.43. The van der Waals surface area contributed by atoms with Crippen molar-refractivity contribution in [1.29, 1.82) is 0 Å². The molecular formula is C25H24O4. The predicted molar refractivity (Wildman–Crippen MR) is 115 cm³/mol. The maximum Gasteiger partial charge on any atom is 0.333 e. The van der Waals surface area contributed by atoms with E-state index in [-0.39, 0.29) is 19.8 Å². The number of carbonyl (C=O) groups is 1. The molecule has 0 aliphatic rings. The minimum Gasteiger partial charge on any atom is -0.491 e. The Hall–Kier alpha value is -3.37. The van der Waals surface area contributed by atoms with Gasteiger partial charge in [0, 0.05) is 5.57 Å². The van der Waals surface area contributed by atoms with Gasteiger partial charge in [-0.1, -0.05) is 61.2 Å². The lowest BCUT2D eigenvalue weighted by molar-refractivity contribution is -0.140. The second-order valence-corrected chi connectivity index (χ2v) is 6.69. The van der Waals surface area contributed by atoms with Crippen LogP contribution in [0.2, 0.25) is 0 Å². The number of hydrogen-bond acceptors (Lipinski definition) is 4. The summed E-state index contributed by atoms with van der Waals surface area (Å²) >= 11 is 0. The normalized spacial score (nSPS) is 10.4. The van der Waals surface area contributed by atoms with Crippen LogP contribution in [0.1, 0.15) is 12.5 Å². The molecule has 0 spiro atoms. The van der Waals surface area contributed by atoms with Crippen molar-refractivity contribution in [1.82, 2.24) is 0 Å². The van der Waals surface area contributed by atoms with Gasteiger partial charge in [-0.3, -0.25) is 0 Å². The zero-order valence-electron chi connectivity index (χ0n) is 16.4. The van der Waals surface area contributed by atoms with Crippen molar-refractivity contribution in [2.45, 2.75) is 13.5 Å². The Morgan fingerprint density at radius 3 is 2.28 bits per heavy atom. The minimum absolute atomic E-state index is 0.0268. The van der Waals surface area contributed by atoms with Gasteiger partial charge in [0.2, 0.25) is 0 Å². The lowest BCUT2D eigenvalue weighted by atomic mass is 9.95. The number of hydrogen-bond donors (Lipinski definition) is 1. The fourth-order valence-corrected chi connectivity index (χ4v) is 2.97. The lowest BCUT2D eigenvalue weighted by Crippen LogP contribution is -2.06. The highest BCUT2D eigenvalue weighted by Crippen LogP contribution is 2.31. The number of aliphatic hydroxyl groups excluding tert-OH is 1. The first-order valence-corrected chi connectivity index (χ1v) is 9.43. The summed E-state index contributed by atoms with van der Waals surface area (Å²) in [5, 5.41) is 8.89. The minimum atomic E-state index is -0.409. The first kappa shape index (κ1) is 20.4. The van der Waals surface area contributed by atoms with Crippen LogP contribution >= 0.6 is 0 Å². The molecule has 4 heteroatoms. The SMILES string of the molecule is C=C(C)C(=O)OCc1cc(-c2ccccc2)ccc1-c1ccc(OCCO)cc1. The summed E-state index contributed by atoms with van der Waals surface area (Å²) in [5.41, 5.74) is 5.40. The topological polar surface area (TPSA) is 55.8 Å². The highest BCUT2D eigenvalue weighted by atomic mass is 16.5. The molecule has 0 amide bonds. The molecule has 1 N–H and O–H groups in total. The molecule has 0 fully saturated rings. The Bertz CT molecular complexity index is 975. The summed E-state index contributed by atoms with van der Waals surface area (Å²) in [6, 6.07) is 23.8. The molecule has 0 heterocycles. The molecule has 0 radical (unpaired) electrons. The smallest absolute Gasteiger partial charge is 0.333 e. The van der Waals surface area contributed by atoms with Crippen molar-refractivity contribution in [3.8, 4) is 28.0 Å². The second-order valence-electron chi connectivity index (χ2n) is 6.69. The van der Waals surface area contributed by atoms with Crippen LogP contribution in [-0.2, 0) is 16.1 Å². The molecule has 4 nitrogen and oxygen atoms in total. The third-order valence-electron chi connectivity index (χ3n) is 4.44. The van der Waals surface area contributed by atoms with Gasteiger partial charge in [0.25, 0.3) is 0 Å². The summed E-state index contributed by atoms with van der Waals surface area (Å²) in [5.74, 6) is 0.285. The van der Waals surface area contributed by atoms with Crippen LogP contribution in [0, 0.1) is 0 Å². The molecule has 0 aromatic heterocycles. The summed E-state index contributed by atoms with van der Waals surface area (Å²) < 4.78 is 10.9. The van der Waals surface area contributed by atoms with Crippen molar-refractivity contribution in [3.63, 3.8) is 0 Å². The average Bonchev–Trinajstić information content (AvgIpc) is 2.76. The van der Waals surface area contributed by atoms with Gasteiger partial charge < -0.3 is 14.6 Å². The van der Waals surface area contributed by atoms with Crippen LogP contribution in [0.3, 0.4) is 0 Å². The van der Waals surface area contributed by atoms with E-state index in [9.17, 15) is 4.79 Å². The Labute approximate surface area is 171 Å². The quantitative estimate of drug-likeness (QED) is 0.435. The van der Waals surface area contributed by atoms with Gasteiger partial charge in [-0.25, -0.2) is 4.79 Å². The Morgan fingerprint density at radius 2 is 1.62 bits per heavy atom. The van der Waals surface area contributed by atoms with E-state index in [1.54, 1.807) is 6.92 Å². The summed E-state index contributed by atoms with van der Waals surface area (Å²) in [4.78, 5) is 11.9. The molecule has 0 atom stereocenters. The maximum atomic E-state index is 11.9. The Balaban J connectivity index is 1.94. The predicted octanol–water partition coefficient (Wildman–Crippen LogP) is 5.01. The van der Waals surface area contributed by atoms with E-state index >= 15 is 0 Å². The lowest BCUT2D eigenvalue weighted by Gasteiger charge is -2.14. The standard InChI is InChI=1S/C25H24O4/c1-18(2)25(27)29-17-22-16-21(19-6-4-3-5-7-19)10-13-24(22)20-8-11-23(12-9-20)28-15-14-26/h3-13,16,26H,1,14-15,17H2,2H3. The third-order valence-corrected chi connectivity index (χ3v) is 4.44. The van der Waals surface area contributed by atoms with Crippen LogP contribution < -0.4 is 4.74 Å². The molecule has 29 heavy (non-hydrogen) atoms. The van der Waals surface area contributed by atoms with Gasteiger partial charge in [0.15, 0.2) is 0 Å². The van der Waals surface area contributed by atoms with Crippen molar-refractivity contribution in [3.05, 3.63) is 90.5 Å². The third kappa shape index (κ3) is 5.33. The van der Waals surface area contributed by atoms with Crippen molar-refractivity contribution < 1.29 is 19.4 Å². The van der Waals surface area contributed by atoms with Crippen LogP contribution in [0.25, 0.3) is 22.3 Å². The van der Waals surface area contributed by atoms with Crippen LogP contribution in [0.5, 0.6) is 5.75 Å². The molecule has 0 aliphatic carbocycles. The van der Waals surface area contributed by atoms with Gasteiger partial charge in [-0.2, -0.15) is 0 Å². The van der Waals surface area contributed by atoms with Gasteiger partial charge in [-0.05, 0) is 52.9 Å². The fraction of sp³-hybridized carbons (Fsp3) is 0.160. The molecule has 148 valence electrons. The average molecular weight is 388 g/mol. The zero-order chi connectivity index (χ0) is 20.6. The first-order chi connectivity index (χ1) is 14.1. The van der Waals surface area contributed by atoms with E-state index in [1.165, 1.54) is 0 Å². The maximum absolute atomic E-state index is 11.9. The number of rotatable bonds is 8. The van der Waals surface area contributed by atoms with Crippen LogP contribution in [-0.4, -0.2) is 24.3 Å². The molecule has 0 bridgehead atoms. The Morgan fingerprint density at radius 1 is 0.931 bits per heavy atom. The molecule has 0 saturated heterocycles. The number of benzene rings is 3. The van der Waals surface area contributed by atoms with Gasteiger partial charge >= 0.3 is 5.97 Å². The molecule has 0 aliphatic heterocycles. The van der Waals surface area contributed by atoms with E-state index < -0.39 is 5.97 Å². The molecular weight excluding hydrogens is 364 g/mol. The summed E-state index contributed by atoms with van der Waals surface area (Å²) in [6.45, 7) is 5.66. The van der Waals surface area contributed by atoms with E-state index in [0.717, 1.165) is 27.8 Å². The van der Waals surface area contributed by atoms with E-state index in [2.05, 4.69) is 12.6 Å². The monoisotopic (exact) mass is 388 g/mol. The summed E-state index contributed by atoms with van der Waals surface area (Å²) in [6.07, 6.45) is 0. The van der Waals surface area contributed by atoms with Gasteiger partial charge in [-0.15, -0.1) is 0 Å². The van der Waals surface area contributed by atoms with E-state index in [0.29, 0.717) is 11.3 Å². The zero-order valence-corrected chi connectivity index (χ0v) is 16.4. The van der Waals surface area contributed by atoms with Crippen LogP contribution in [0.4, 0.5) is 0 Å². The van der Waals surface area contributed by atoms with Crippen molar-refractivity contribution in [2.24, 2.45) is 0 Å². The largest absolute Gasteiger partial charge is 0.491 e. The van der Waals surface area contributed by atoms with Crippen molar-refractivity contribution in [2.75, 3.05) is 13.2 Å². The highest BCUT2D eigenvalue weighted by molar-refractivity contribution is 5.87. The second kappa shape index (κ2) is 9.71. The molecule has 3 aromatic carbocycles. The van der Waals surface area contributed by atoms with E-state index in [1.807, 2.05) is 66.7 Å². The molecule has 0 saturated carbocycles. The van der Waals surface area contributed by atoms with Crippen molar-refractivity contribution >= 4 is 5.97 Å². The molecule has 0 unspecified atom stereocenters. The highest BCUT2D eigenvalue weighted by Gasteiger charge is 2.11. The number of ether oxygens (including phenoxy) is 2. The summed E-state index contributed by atoms with van der Waals surface area (Å²) in [7, 11) is 0. The van der Waals surface area contributed by atoms with E-state index in [4.69, 9.17) is 14.6 Å².